The van der Waals surface area contributed by atoms with Crippen molar-refractivity contribution in [3.63, 3.8) is 0 Å². The molecule has 0 aliphatic carbocycles. The van der Waals surface area contributed by atoms with Crippen LogP contribution in [0.3, 0.4) is 0 Å². The fourth-order valence-electron chi connectivity index (χ4n) is 1.80. The number of hydrogen-bond acceptors (Lipinski definition) is 4. The summed E-state index contributed by atoms with van der Waals surface area (Å²) in [6.07, 6.45) is 0. The maximum atomic E-state index is 13.3. The Hall–Kier alpha value is -1.91. The van der Waals surface area contributed by atoms with Crippen molar-refractivity contribution in [2.24, 2.45) is 4.99 Å². The van der Waals surface area contributed by atoms with E-state index in [1.807, 2.05) is 41.5 Å². The molecular weight excluding hydrogens is 269 g/mol. The third-order valence-corrected chi connectivity index (χ3v) is 2.49. The third kappa shape index (κ3) is 4.28. The highest BCUT2D eigenvalue weighted by Crippen LogP contribution is 2.17. The first-order chi connectivity index (χ1) is 9.53. The minimum absolute atomic E-state index is 0.182. The van der Waals surface area contributed by atoms with Gasteiger partial charge in [0.25, 0.3) is 5.55 Å². The van der Waals surface area contributed by atoms with Gasteiger partial charge in [0, 0.05) is 11.6 Å². The lowest BCUT2D eigenvalue weighted by atomic mass is 10.1. The maximum Gasteiger partial charge on any atom is 0.258 e. The van der Waals surface area contributed by atoms with Crippen molar-refractivity contribution in [2.75, 3.05) is 5.32 Å². The molecule has 1 aromatic carbocycles. The van der Waals surface area contributed by atoms with E-state index in [9.17, 15) is 4.39 Å². The highest BCUT2D eigenvalue weighted by Gasteiger charge is 2.16. The Balaban J connectivity index is 2.71. The van der Waals surface area contributed by atoms with Crippen LogP contribution in [0.25, 0.3) is 11.1 Å². The molecule has 0 fully saturated rings. The van der Waals surface area contributed by atoms with Crippen LogP contribution in [-0.4, -0.2) is 16.1 Å². The predicted octanol–water partition coefficient (Wildman–Crippen LogP) is 3.88. The molecule has 0 spiro atoms. The van der Waals surface area contributed by atoms with Crippen molar-refractivity contribution < 1.29 is 8.81 Å². The monoisotopic (exact) mass is 291 g/mol. The molecule has 0 radical (unpaired) electrons. The second kappa shape index (κ2) is 5.13. The summed E-state index contributed by atoms with van der Waals surface area (Å²) >= 11 is 0. The summed E-state index contributed by atoms with van der Waals surface area (Å²) in [6, 6.07) is 4.29. The molecule has 1 N–H and O–H groups in total. The van der Waals surface area contributed by atoms with E-state index in [2.05, 4.69) is 15.3 Å². The fraction of sp³-hybridized carbons (Fsp3) is 0.500. The van der Waals surface area contributed by atoms with E-state index in [0.29, 0.717) is 22.5 Å². The van der Waals surface area contributed by atoms with Gasteiger partial charge in [0.05, 0.1) is 5.54 Å². The lowest BCUT2D eigenvalue weighted by molar-refractivity contribution is 0.471. The average Bonchev–Trinajstić information content (AvgIpc) is 2.26. The Morgan fingerprint density at radius 2 is 1.81 bits per heavy atom. The normalized spacial score (nSPS) is 13.8. The number of aromatic nitrogens is 1. The zero-order chi connectivity index (χ0) is 15.8. The van der Waals surface area contributed by atoms with Crippen LogP contribution in [0, 0.1) is 5.82 Å². The molecule has 21 heavy (non-hydrogen) atoms. The number of rotatable bonds is 1. The standard InChI is InChI=1S/C16H22FN3O/c1-15(2,3)19-13-14(20-16(4,5)6)21-12-9-10(17)7-8-11(12)18-13/h7-9H,1-6H3,(H,18,19). The van der Waals surface area contributed by atoms with Gasteiger partial charge < -0.3 is 9.73 Å². The minimum Gasteiger partial charge on any atom is -0.434 e. The van der Waals surface area contributed by atoms with Crippen LogP contribution in [0.2, 0.25) is 0 Å². The molecule has 0 aliphatic rings. The average molecular weight is 291 g/mol. The Morgan fingerprint density at radius 3 is 2.38 bits per heavy atom. The van der Waals surface area contributed by atoms with E-state index in [4.69, 9.17) is 4.42 Å². The van der Waals surface area contributed by atoms with E-state index in [1.165, 1.54) is 12.1 Å². The summed E-state index contributed by atoms with van der Waals surface area (Å²) in [5.74, 6) is 0.211. The van der Waals surface area contributed by atoms with Gasteiger partial charge in [0.2, 0.25) is 0 Å². The molecule has 0 saturated carbocycles. The number of hydrogen-bond donors (Lipinski definition) is 1. The number of benzene rings is 1. The largest absolute Gasteiger partial charge is 0.434 e. The highest BCUT2D eigenvalue weighted by atomic mass is 19.1. The van der Waals surface area contributed by atoms with E-state index in [-0.39, 0.29) is 16.9 Å². The van der Waals surface area contributed by atoms with Crippen LogP contribution in [0.4, 0.5) is 10.2 Å². The van der Waals surface area contributed by atoms with E-state index >= 15 is 0 Å². The van der Waals surface area contributed by atoms with Crippen LogP contribution in [0.15, 0.2) is 27.6 Å². The van der Waals surface area contributed by atoms with Gasteiger partial charge in [-0.3, -0.25) is 0 Å². The second-order valence-corrected chi connectivity index (χ2v) is 7.14. The molecule has 4 nitrogen and oxygen atoms in total. The summed E-state index contributed by atoms with van der Waals surface area (Å²) in [5, 5.41) is 3.29. The Labute approximate surface area is 124 Å². The molecule has 0 bridgehead atoms. The molecule has 1 aromatic heterocycles. The Kier molecular flexibility index (Phi) is 3.78. The molecule has 0 atom stereocenters. The fourth-order valence-corrected chi connectivity index (χ4v) is 1.80. The molecule has 0 aliphatic heterocycles. The van der Waals surface area contributed by atoms with Crippen molar-refractivity contribution in [1.29, 1.82) is 0 Å². The topological polar surface area (TPSA) is 50.4 Å². The van der Waals surface area contributed by atoms with Gasteiger partial charge >= 0.3 is 0 Å². The second-order valence-electron chi connectivity index (χ2n) is 7.14. The van der Waals surface area contributed by atoms with Gasteiger partial charge in [-0.05, 0) is 53.7 Å². The van der Waals surface area contributed by atoms with Crippen molar-refractivity contribution in [1.82, 2.24) is 4.98 Å². The van der Waals surface area contributed by atoms with E-state index in [0.717, 1.165) is 0 Å². The molecule has 2 aromatic rings. The quantitative estimate of drug-likeness (QED) is 0.867. The van der Waals surface area contributed by atoms with Gasteiger partial charge in [-0.15, -0.1) is 0 Å². The first-order valence-corrected chi connectivity index (χ1v) is 6.98. The smallest absolute Gasteiger partial charge is 0.258 e. The minimum atomic E-state index is -0.355. The summed E-state index contributed by atoms with van der Waals surface area (Å²) in [4.78, 5) is 9.06. The van der Waals surface area contributed by atoms with Gasteiger partial charge in [-0.25, -0.2) is 14.4 Å². The summed E-state index contributed by atoms with van der Waals surface area (Å²) < 4.78 is 19.1. The zero-order valence-electron chi connectivity index (χ0n) is 13.4. The number of nitrogens with zero attached hydrogens (tertiary/aromatic N) is 2. The first kappa shape index (κ1) is 15.5. The molecule has 5 heteroatoms. The van der Waals surface area contributed by atoms with Crippen molar-refractivity contribution >= 4 is 16.9 Å². The SMILES string of the molecule is CC(C)(C)N=c1oc2cc(F)ccc2nc1NC(C)(C)C. The van der Waals surface area contributed by atoms with Crippen LogP contribution in [0.5, 0.6) is 0 Å². The van der Waals surface area contributed by atoms with E-state index in [1.54, 1.807) is 6.07 Å². The van der Waals surface area contributed by atoms with Crippen molar-refractivity contribution in [2.45, 2.75) is 52.6 Å². The predicted molar refractivity (Wildman–Crippen MR) is 82.7 cm³/mol. The Bertz CT molecular complexity index is 721. The highest BCUT2D eigenvalue weighted by molar-refractivity contribution is 5.73. The van der Waals surface area contributed by atoms with Crippen molar-refractivity contribution in [3.05, 3.63) is 29.6 Å². The molecule has 0 saturated heterocycles. The molecule has 2 rings (SSSR count). The van der Waals surface area contributed by atoms with E-state index < -0.39 is 0 Å². The number of fused-ring (bicyclic) bond motifs is 1. The van der Waals surface area contributed by atoms with Gasteiger partial charge in [-0.1, -0.05) is 0 Å². The van der Waals surface area contributed by atoms with Crippen molar-refractivity contribution in [3.8, 4) is 0 Å². The lowest BCUT2D eigenvalue weighted by Gasteiger charge is -2.21. The zero-order valence-corrected chi connectivity index (χ0v) is 13.4. The third-order valence-electron chi connectivity index (χ3n) is 2.49. The molecule has 0 unspecified atom stereocenters. The van der Waals surface area contributed by atoms with Gasteiger partial charge in [0.15, 0.2) is 11.4 Å². The Morgan fingerprint density at radius 1 is 1.14 bits per heavy atom. The van der Waals surface area contributed by atoms with Crippen LogP contribution >= 0.6 is 0 Å². The molecular formula is C16H22FN3O. The van der Waals surface area contributed by atoms with Crippen LogP contribution in [-0.2, 0) is 0 Å². The molecule has 0 amide bonds. The lowest BCUT2D eigenvalue weighted by Crippen LogP contribution is -2.31. The van der Waals surface area contributed by atoms with Gasteiger partial charge in [0.1, 0.15) is 11.3 Å². The van der Waals surface area contributed by atoms with Crippen LogP contribution < -0.4 is 10.9 Å². The first-order valence-electron chi connectivity index (χ1n) is 6.98. The van der Waals surface area contributed by atoms with Crippen LogP contribution in [0.1, 0.15) is 41.5 Å². The number of anilines is 1. The maximum absolute atomic E-state index is 13.3. The molecule has 114 valence electrons. The number of nitrogens with one attached hydrogen (secondary N) is 1. The number of halogens is 1. The molecule has 1 heterocycles. The summed E-state index contributed by atoms with van der Waals surface area (Å²) in [5.41, 5.74) is 0.864. The van der Waals surface area contributed by atoms with Gasteiger partial charge in [-0.2, -0.15) is 0 Å². The summed E-state index contributed by atoms with van der Waals surface area (Å²) in [7, 11) is 0. The summed E-state index contributed by atoms with van der Waals surface area (Å²) in [6.45, 7) is 12.0.